The predicted molar refractivity (Wildman–Crippen MR) is 99.2 cm³/mol. The van der Waals surface area contributed by atoms with Crippen LogP contribution < -0.4 is 4.90 Å². The van der Waals surface area contributed by atoms with E-state index in [0.717, 1.165) is 23.4 Å². The van der Waals surface area contributed by atoms with Crippen molar-refractivity contribution in [2.24, 2.45) is 0 Å². The first-order valence-electron chi connectivity index (χ1n) is 8.17. The second-order valence-corrected chi connectivity index (χ2v) is 6.78. The number of amides is 1. The van der Waals surface area contributed by atoms with Gasteiger partial charge in [0.1, 0.15) is 24.8 Å². The standard InChI is InChI=1S/C17H16BrN7O/c18-14-3-1-13(2-4-14)17(26)24-7-5-23(6-8-24)15-9-16(21-11-20-15)25-12-19-10-22-25/h1-4,9-12H,5-8H2. The van der Waals surface area contributed by atoms with Gasteiger partial charge in [0.25, 0.3) is 5.91 Å². The second kappa shape index (κ2) is 7.20. The average molecular weight is 414 g/mol. The maximum absolute atomic E-state index is 12.6. The molecule has 1 aliphatic rings. The minimum atomic E-state index is 0.0585. The molecular formula is C17H16BrN7O. The first kappa shape index (κ1) is 16.6. The van der Waals surface area contributed by atoms with Gasteiger partial charge in [-0.05, 0) is 24.3 Å². The molecule has 0 spiro atoms. The van der Waals surface area contributed by atoms with Gasteiger partial charge < -0.3 is 9.80 Å². The fourth-order valence-electron chi connectivity index (χ4n) is 2.88. The molecule has 26 heavy (non-hydrogen) atoms. The molecule has 1 saturated heterocycles. The van der Waals surface area contributed by atoms with E-state index in [-0.39, 0.29) is 5.91 Å². The van der Waals surface area contributed by atoms with Crippen molar-refractivity contribution in [3.05, 3.63) is 59.3 Å². The Morgan fingerprint density at radius 3 is 2.38 bits per heavy atom. The summed E-state index contributed by atoms with van der Waals surface area (Å²) in [7, 11) is 0. The molecule has 9 heteroatoms. The summed E-state index contributed by atoms with van der Waals surface area (Å²) in [4.78, 5) is 29.1. The van der Waals surface area contributed by atoms with Gasteiger partial charge in [-0.2, -0.15) is 5.10 Å². The van der Waals surface area contributed by atoms with E-state index >= 15 is 0 Å². The number of carbonyl (C=O) groups excluding carboxylic acids is 1. The molecule has 1 amide bonds. The lowest BCUT2D eigenvalue weighted by Gasteiger charge is -2.35. The number of anilines is 1. The molecule has 0 atom stereocenters. The Bertz CT molecular complexity index is 890. The van der Waals surface area contributed by atoms with E-state index in [0.29, 0.717) is 24.5 Å². The van der Waals surface area contributed by atoms with Crippen molar-refractivity contribution in [1.82, 2.24) is 29.6 Å². The third-order valence-electron chi connectivity index (χ3n) is 4.27. The van der Waals surface area contributed by atoms with Crippen LogP contribution in [-0.4, -0.2) is 61.7 Å². The molecular weight excluding hydrogens is 398 g/mol. The normalized spacial score (nSPS) is 14.5. The van der Waals surface area contributed by atoms with E-state index in [1.807, 2.05) is 35.2 Å². The number of benzene rings is 1. The van der Waals surface area contributed by atoms with E-state index < -0.39 is 0 Å². The van der Waals surface area contributed by atoms with Crippen molar-refractivity contribution in [1.29, 1.82) is 0 Å². The number of halogens is 1. The summed E-state index contributed by atoms with van der Waals surface area (Å²) in [6.45, 7) is 2.74. The molecule has 8 nitrogen and oxygen atoms in total. The Morgan fingerprint density at radius 2 is 1.69 bits per heavy atom. The predicted octanol–water partition coefficient (Wildman–Crippen LogP) is 1.78. The first-order chi connectivity index (χ1) is 12.7. The molecule has 4 rings (SSSR count). The van der Waals surface area contributed by atoms with Crippen LogP contribution in [0.15, 0.2) is 53.8 Å². The Labute approximate surface area is 158 Å². The van der Waals surface area contributed by atoms with Gasteiger partial charge in [-0.1, -0.05) is 15.9 Å². The van der Waals surface area contributed by atoms with Crippen molar-refractivity contribution in [3.8, 4) is 5.82 Å². The molecule has 132 valence electrons. The summed E-state index contributed by atoms with van der Waals surface area (Å²) in [5, 5.41) is 4.09. The fourth-order valence-corrected chi connectivity index (χ4v) is 3.14. The van der Waals surface area contributed by atoms with Crippen LogP contribution in [0.4, 0.5) is 5.82 Å². The van der Waals surface area contributed by atoms with Gasteiger partial charge >= 0.3 is 0 Å². The van der Waals surface area contributed by atoms with Gasteiger partial charge in [-0.25, -0.2) is 19.6 Å². The molecule has 1 fully saturated rings. The van der Waals surface area contributed by atoms with E-state index in [1.54, 1.807) is 11.0 Å². The van der Waals surface area contributed by atoms with E-state index in [9.17, 15) is 4.79 Å². The molecule has 1 aromatic carbocycles. The van der Waals surface area contributed by atoms with Crippen LogP contribution in [0.2, 0.25) is 0 Å². The highest BCUT2D eigenvalue weighted by molar-refractivity contribution is 9.10. The lowest BCUT2D eigenvalue weighted by Crippen LogP contribution is -2.49. The Morgan fingerprint density at radius 1 is 0.962 bits per heavy atom. The first-order valence-corrected chi connectivity index (χ1v) is 8.97. The summed E-state index contributed by atoms with van der Waals surface area (Å²) in [5.41, 5.74) is 0.706. The average Bonchev–Trinajstić information content (AvgIpc) is 3.23. The molecule has 0 aliphatic carbocycles. The Hall–Kier alpha value is -2.81. The zero-order valence-electron chi connectivity index (χ0n) is 13.9. The highest BCUT2D eigenvalue weighted by atomic mass is 79.9. The van der Waals surface area contributed by atoms with Crippen LogP contribution in [-0.2, 0) is 0 Å². The number of piperazine rings is 1. The largest absolute Gasteiger partial charge is 0.353 e. The molecule has 0 unspecified atom stereocenters. The monoisotopic (exact) mass is 413 g/mol. The summed E-state index contributed by atoms with van der Waals surface area (Å²) >= 11 is 3.39. The molecule has 0 N–H and O–H groups in total. The molecule has 0 bridgehead atoms. The smallest absolute Gasteiger partial charge is 0.253 e. The molecule has 2 aromatic heterocycles. The third kappa shape index (κ3) is 3.43. The van der Waals surface area contributed by atoms with E-state index in [1.165, 1.54) is 12.7 Å². The molecule has 0 radical (unpaired) electrons. The maximum atomic E-state index is 12.6. The SMILES string of the molecule is O=C(c1ccc(Br)cc1)N1CCN(c2cc(-n3cncn3)ncn2)CC1. The Balaban J connectivity index is 1.43. The quantitative estimate of drug-likeness (QED) is 0.650. The van der Waals surface area contributed by atoms with Gasteiger partial charge in [-0.15, -0.1) is 0 Å². The molecule has 3 heterocycles. The summed E-state index contributed by atoms with van der Waals surface area (Å²) in [5.74, 6) is 1.55. The van der Waals surface area contributed by atoms with Crippen LogP contribution in [0.5, 0.6) is 0 Å². The number of hydrogen-bond acceptors (Lipinski definition) is 6. The maximum Gasteiger partial charge on any atom is 0.253 e. The molecule has 1 aliphatic heterocycles. The van der Waals surface area contributed by atoms with E-state index in [4.69, 9.17) is 0 Å². The van der Waals surface area contributed by atoms with Crippen molar-refractivity contribution in [2.75, 3.05) is 31.1 Å². The lowest BCUT2D eigenvalue weighted by molar-refractivity contribution is 0.0746. The minimum Gasteiger partial charge on any atom is -0.353 e. The number of hydrogen-bond donors (Lipinski definition) is 0. The van der Waals surface area contributed by atoms with Crippen molar-refractivity contribution >= 4 is 27.7 Å². The highest BCUT2D eigenvalue weighted by Gasteiger charge is 2.23. The molecule has 0 saturated carbocycles. The summed E-state index contributed by atoms with van der Waals surface area (Å²) in [6.07, 6.45) is 4.58. The zero-order valence-corrected chi connectivity index (χ0v) is 15.4. The van der Waals surface area contributed by atoms with Crippen LogP contribution in [0.25, 0.3) is 5.82 Å². The van der Waals surface area contributed by atoms with E-state index in [2.05, 4.69) is 40.9 Å². The number of carbonyl (C=O) groups is 1. The summed E-state index contributed by atoms with van der Waals surface area (Å²) < 4.78 is 2.56. The van der Waals surface area contributed by atoms with Gasteiger partial charge in [0, 0.05) is 42.3 Å². The van der Waals surface area contributed by atoms with Crippen molar-refractivity contribution < 1.29 is 4.79 Å². The second-order valence-electron chi connectivity index (χ2n) is 5.86. The fraction of sp³-hybridized carbons (Fsp3) is 0.235. The topological polar surface area (TPSA) is 80.0 Å². The number of aromatic nitrogens is 5. The minimum absolute atomic E-state index is 0.0585. The van der Waals surface area contributed by atoms with Gasteiger partial charge in [-0.3, -0.25) is 4.79 Å². The van der Waals surface area contributed by atoms with Crippen LogP contribution in [0.1, 0.15) is 10.4 Å². The number of rotatable bonds is 3. The summed E-state index contributed by atoms with van der Waals surface area (Å²) in [6, 6.07) is 9.33. The van der Waals surface area contributed by atoms with Crippen LogP contribution >= 0.6 is 15.9 Å². The highest BCUT2D eigenvalue weighted by Crippen LogP contribution is 2.17. The van der Waals surface area contributed by atoms with Crippen LogP contribution in [0.3, 0.4) is 0 Å². The zero-order chi connectivity index (χ0) is 17.9. The lowest BCUT2D eigenvalue weighted by atomic mass is 10.2. The van der Waals surface area contributed by atoms with Crippen molar-refractivity contribution in [3.63, 3.8) is 0 Å². The molecule has 3 aromatic rings. The van der Waals surface area contributed by atoms with Crippen molar-refractivity contribution in [2.45, 2.75) is 0 Å². The third-order valence-corrected chi connectivity index (χ3v) is 4.80. The van der Waals surface area contributed by atoms with Gasteiger partial charge in [0.2, 0.25) is 0 Å². The Kier molecular flexibility index (Phi) is 4.61. The van der Waals surface area contributed by atoms with Crippen LogP contribution in [0, 0.1) is 0 Å². The van der Waals surface area contributed by atoms with Gasteiger partial charge in [0.15, 0.2) is 5.82 Å². The van der Waals surface area contributed by atoms with Gasteiger partial charge in [0.05, 0.1) is 0 Å². The number of nitrogens with zero attached hydrogens (tertiary/aromatic N) is 7.